The summed E-state index contributed by atoms with van der Waals surface area (Å²) in [5.41, 5.74) is 2.66. The van der Waals surface area contributed by atoms with Gasteiger partial charge in [-0.1, -0.05) is 12.1 Å². The van der Waals surface area contributed by atoms with Gasteiger partial charge in [0.1, 0.15) is 17.2 Å². The molecule has 0 spiro atoms. The van der Waals surface area contributed by atoms with E-state index >= 15 is 0 Å². The number of hydrogen-bond acceptors (Lipinski definition) is 4. The molecule has 2 aromatic carbocycles. The van der Waals surface area contributed by atoms with Gasteiger partial charge in [-0.15, -0.1) is 0 Å². The SMILES string of the molecule is COc1ccc(CNC(=O)/C=C(\C)c2ccc(OC)cc2OC)cc1. The predicted octanol–water partition coefficient (Wildman–Crippen LogP) is 3.43. The molecule has 0 aliphatic rings. The van der Waals surface area contributed by atoms with Gasteiger partial charge in [0.05, 0.1) is 21.3 Å². The Hall–Kier alpha value is -2.95. The molecule has 5 heteroatoms. The molecule has 0 radical (unpaired) electrons. The van der Waals surface area contributed by atoms with Crippen molar-refractivity contribution in [2.75, 3.05) is 21.3 Å². The average Bonchev–Trinajstić information content (AvgIpc) is 2.66. The molecule has 0 heterocycles. The zero-order valence-corrected chi connectivity index (χ0v) is 15.0. The van der Waals surface area contributed by atoms with Crippen molar-refractivity contribution in [2.45, 2.75) is 13.5 Å². The third-order valence-electron chi connectivity index (χ3n) is 3.81. The largest absolute Gasteiger partial charge is 0.497 e. The first-order valence-electron chi connectivity index (χ1n) is 7.89. The molecule has 5 nitrogen and oxygen atoms in total. The molecule has 0 atom stereocenters. The van der Waals surface area contributed by atoms with Crippen molar-refractivity contribution in [1.82, 2.24) is 5.32 Å². The minimum atomic E-state index is -0.161. The predicted molar refractivity (Wildman–Crippen MR) is 98.0 cm³/mol. The van der Waals surface area contributed by atoms with Crippen LogP contribution in [0.2, 0.25) is 0 Å². The van der Waals surface area contributed by atoms with E-state index in [1.54, 1.807) is 33.5 Å². The van der Waals surface area contributed by atoms with E-state index in [9.17, 15) is 4.79 Å². The third kappa shape index (κ3) is 5.01. The van der Waals surface area contributed by atoms with Crippen LogP contribution in [-0.4, -0.2) is 27.2 Å². The fourth-order valence-corrected chi connectivity index (χ4v) is 2.38. The van der Waals surface area contributed by atoms with Crippen LogP contribution in [0.5, 0.6) is 17.2 Å². The highest BCUT2D eigenvalue weighted by Crippen LogP contribution is 2.29. The Bertz CT molecular complexity index is 751. The van der Waals surface area contributed by atoms with Crippen LogP contribution in [0.3, 0.4) is 0 Å². The number of allylic oxidation sites excluding steroid dienone is 1. The summed E-state index contributed by atoms with van der Waals surface area (Å²) < 4.78 is 15.7. The summed E-state index contributed by atoms with van der Waals surface area (Å²) >= 11 is 0. The quantitative estimate of drug-likeness (QED) is 0.784. The summed E-state index contributed by atoms with van der Waals surface area (Å²) in [7, 11) is 4.82. The molecule has 0 bridgehead atoms. The van der Waals surface area contributed by atoms with Crippen molar-refractivity contribution < 1.29 is 19.0 Å². The summed E-state index contributed by atoms with van der Waals surface area (Å²) in [6.45, 7) is 2.32. The first-order chi connectivity index (χ1) is 12.1. The van der Waals surface area contributed by atoms with Crippen LogP contribution in [0.4, 0.5) is 0 Å². The lowest BCUT2D eigenvalue weighted by atomic mass is 10.1. The van der Waals surface area contributed by atoms with Crippen LogP contribution in [0, 0.1) is 0 Å². The highest BCUT2D eigenvalue weighted by Gasteiger charge is 2.08. The number of ether oxygens (including phenoxy) is 3. The zero-order valence-electron chi connectivity index (χ0n) is 15.0. The lowest BCUT2D eigenvalue weighted by Crippen LogP contribution is -2.20. The molecule has 2 rings (SSSR count). The van der Waals surface area contributed by atoms with Crippen molar-refractivity contribution >= 4 is 11.5 Å². The molecule has 25 heavy (non-hydrogen) atoms. The minimum absolute atomic E-state index is 0.161. The smallest absolute Gasteiger partial charge is 0.244 e. The molecule has 1 N–H and O–H groups in total. The number of amides is 1. The van der Waals surface area contributed by atoms with E-state index in [0.29, 0.717) is 18.0 Å². The van der Waals surface area contributed by atoms with Crippen molar-refractivity contribution in [1.29, 1.82) is 0 Å². The normalized spacial score (nSPS) is 11.0. The van der Waals surface area contributed by atoms with Gasteiger partial charge < -0.3 is 19.5 Å². The molecule has 0 aliphatic carbocycles. The Morgan fingerprint density at radius 3 is 2.20 bits per heavy atom. The van der Waals surface area contributed by atoms with Crippen LogP contribution in [0.25, 0.3) is 5.57 Å². The summed E-state index contributed by atoms with van der Waals surface area (Å²) in [5, 5.41) is 2.88. The summed E-state index contributed by atoms with van der Waals surface area (Å²) in [6.07, 6.45) is 1.56. The molecule has 132 valence electrons. The molecule has 0 aliphatic heterocycles. The molecular formula is C20H23NO4. The van der Waals surface area contributed by atoms with Crippen molar-refractivity contribution in [3.8, 4) is 17.2 Å². The summed E-state index contributed by atoms with van der Waals surface area (Å²) in [5.74, 6) is 2.00. The molecule has 1 amide bonds. The van der Waals surface area contributed by atoms with E-state index in [4.69, 9.17) is 14.2 Å². The standard InChI is InChI=1S/C20H23NO4/c1-14(18-10-9-17(24-3)12-19(18)25-4)11-20(22)21-13-15-5-7-16(23-2)8-6-15/h5-12H,13H2,1-4H3,(H,21,22)/b14-11+. The van der Waals surface area contributed by atoms with Gasteiger partial charge in [0.25, 0.3) is 0 Å². The van der Waals surface area contributed by atoms with Crippen LogP contribution in [-0.2, 0) is 11.3 Å². The monoisotopic (exact) mass is 341 g/mol. The van der Waals surface area contributed by atoms with Gasteiger partial charge in [-0.2, -0.15) is 0 Å². The van der Waals surface area contributed by atoms with Crippen molar-refractivity contribution in [3.05, 3.63) is 59.7 Å². The highest BCUT2D eigenvalue weighted by molar-refractivity contribution is 5.95. The summed E-state index contributed by atoms with van der Waals surface area (Å²) in [4.78, 5) is 12.2. The van der Waals surface area contributed by atoms with E-state index in [-0.39, 0.29) is 5.91 Å². The first kappa shape index (κ1) is 18.4. The molecule has 0 fully saturated rings. The van der Waals surface area contributed by atoms with Crippen molar-refractivity contribution in [3.63, 3.8) is 0 Å². The maximum atomic E-state index is 12.2. The van der Waals surface area contributed by atoms with Gasteiger partial charge in [-0.3, -0.25) is 4.79 Å². The molecule has 0 saturated heterocycles. The van der Waals surface area contributed by atoms with E-state index in [2.05, 4.69) is 5.32 Å². The zero-order chi connectivity index (χ0) is 18.2. The van der Waals surface area contributed by atoms with E-state index in [0.717, 1.165) is 22.4 Å². The Morgan fingerprint density at radius 1 is 0.960 bits per heavy atom. The van der Waals surface area contributed by atoms with Gasteiger partial charge in [0, 0.05) is 24.3 Å². The van der Waals surface area contributed by atoms with Gasteiger partial charge in [-0.25, -0.2) is 0 Å². The fourth-order valence-electron chi connectivity index (χ4n) is 2.38. The maximum Gasteiger partial charge on any atom is 0.244 e. The number of methoxy groups -OCH3 is 3. The second-order valence-electron chi connectivity index (χ2n) is 5.46. The highest BCUT2D eigenvalue weighted by atomic mass is 16.5. The van der Waals surface area contributed by atoms with E-state index < -0.39 is 0 Å². The van der Waals surface area contributed by atoms with Gasteiger partial charge >= 0.3 is 0 Å². The van der Waals surface area contributed by atoms with Crippen molar-refractivity contribution in [2.24, 2.45) is 0 Å². The Kier molecular flexibility index (Phi) is 6.46. The number of carbonyl (C=O) groups is 1. The van der Waals surface area contributed by atoms with Gasteiger partial charge in [0.15, 0.2) is 0 Å². The van der Waals surface area contributed by atoms with Gasteiger partial charge in [0.2, 0.25) is 5.91 Å². The van der Waals surface area contributed by atoms with E-state index in [1.165, 1.54) is 0 Å². The lowest BCUT2D eigenvalue weighted by molar-refractivity contribution is -0.116. The molecular weight excluding hydrogens is 318 g/mol. The number of rotatable bonds is 7. The van der Waals surface area contributed by atoms with Crippen LogP contribution in [0.15, 0.2) is 48.5 Å². The van der Waals surface area contributed by atoms with Gasteiger partial charge in [-0.05, 0) is 42.3 Å². The molecule has 0 unspecified atom stereocenters. The Morgan fingerprint density at radius 2 is 1.60 bits per heavy atom. The Balaban J connectivity index is 2.04. The average molecular weight is 341 g/mol. The second-order valence-corrected chi connectivity index (χ2v) is 5.46. The maximum absolute atomic E-state index is 12.2. The number of benzene rings is 2. The molecule has 2 aromatic rings. The number of carbonyl (C=O) groups excluding carboxylic acids is 1. The second kappa shape index (κ2) is 8.78. The first-order valence-corrected chi connectivity index (χ1v) is 7.89. The molecule has 0 saturated carbocycles. The number of hydrogen-bond donors (Lipinski definition) is 1. The minimum Gasteiger partial charge on any atom is -0.497 e. The topological polar surface area (TPSA) is 56.8 Å². The Labute approximate surface area is 148 Å². The van der Waals surface area contributed by atoms with Crippen LogP contribution >= 0.6 is 0 Å². The molecule has 0 aromatic heterocycles. The van der Waals surface area contributed by atoms with E-state index in [1.807, 2.05) is 43.3 Å². The third-order valence-corrected chi connectivity index (χ3v) is 3.81. The van der Waals surface area contributed by atoms with Crippen LogP contribution < -0.4 is 19.5 Å². The summed E-state index contributed by atoms with van der Waals surface area (Å²) in [6, 6.07) is 13.1. The lowest BCUT2D eigenvalue weighted by Gasteiger charge is -2.11. The fraction of sp³-hybridized carbons (Fsp3) is 0.250. The number of nitrogens with one attached hydrogen (secondary N) is 1. The van der Waals surface area contributed by atoms with Crippen LogP contribution in [0.1, 0.15) is 18.1 Å².